The molecule has 3 aromatic rings. The Morgan fingerprint density at radius 3 is 2.52 bits per heavy atom. The first-order valence-corrected chi connectivity index (χ1v) is 8.85. The Morgan fingerprint density at radius 2 is 1.85 bits per heavy atom. The average molecular weight is 370 g/mol. The summed E-state index contributed by atoms with van der Waals surface area (Å²) in [4.78, 5) is 18.7. The zero-order valence-corrected chi connectivity index (χ0v) is 16.2. The quantitative estimate of drug-likeness (QED) is 0.336. The first-order chi connectivity index (χ1) is 13.0. The van der Waals surface area contributed by atoms with Gasteiger partial charge in [0.15, 0.2) is 16.9 Å². The van der Waals surface area contributed by atoms with E-state index in [1.54, 1.807) is 32.4 Å². The van der Waals surface area contributed by atoms with Crippen molar-refractivity contribution in [2.24, 2.45) is 0 Å². The molecule has 0 saturated carbocycles. The molecule has 0 spiro atoms. The number of aromatic nitrogens is 1. The number of nitrogens with two attached hydrogens (primary N) is 1. The minimum atomic E-state index is -0.0953. The van der Waals surface area contributed by atoms with Gasteiger partial charge in [0.2, 0.25) is 0 Å². The average Bonchev–Trinajstić information content (AvgIpc) is 2.66. The molecule has 0 saturated heterocycles. The monoisotopic (exact) mass is 370 g/mol. The van der Waals surface area contributed by atoms with Gasteiger partial charge in [-0.25, -0.2) is 0 Å². The molecule has 0 atom stereocenters. The summed E-state index contributed by atoms with van der Waals surface area (Å²) in [6.07, 6.45) is 0.968. The molecule has 144 valence electrons. The highest BCUT2D eigenvalue weighted by Crippen LogP contribution is 2.33. The molecule has 0 fully saturated rings. The Labute approximate surface area is 158 Å². The second-order valence-electron chi connectivity index (χ2n) is 6.74. The predicted molar refractivity (Wildman–Crippen MR) is 111 cm³/mol. The van der Waals surface area contributed by atoms with Crippen molar-refractivity contribution in [1.29, 1.82) is 0 Å². The number of nitrogen functional groups attached to an aromatic ring is 1. The van der Waals surface area contributed by atoms with Gasteiger partial charge >= 0.3 is 0 Å². The summed E-state index contributed by atoms with van der Waals surface area (Å²) < 4.78 is 10.7. The zero-order valence-electron chi connectivity index (χ0n) is 16.2. The maximum Gasteiger partial charge on any atom is 0.199 e. The topological polar surface area (TPSA) is 92.6 Å². The zero-order chi connectivity index (χ0) is 19.6. The number of hydrogen-bond donors (Lipinski definition) is 3. The molecule has 1 aromatic heterocycles. The Balaban J connectivity index is 2.15. The van der Waals surface area contributed by atoms with Crippen LogP contribution in [0.25, 0.3) is 21.8 Å². The van der Waals surface area contributed by atoms with Crippen LogP contribution in [0.1, 0.15) is 6.42 Å². The number of pyridine rings is 1. The van der Waals surface area contributed by atoms with Crippen molar-refractivity contribution in [3.8, 4) is 11.5 Å². The van der Waals surface area contributed by atoms with Crippen molar-refractivity contribution in [2.75, 3.05) is 52.5 Å². The van der Waals surface area contributed by atoms with E-state index in [0.29, 0.717) is 39.0 Å². The van der Waals surface area contributed by atoms with Crippen molar-refractivity contribution < 1.29 is 9.47 Å². The fourth-order valence-electron chi connectivity index (χ4n) is 3.19. The molecular weight excluding hydrogens is 344 g/mol. The number of H-pyrrole nitrogens is 1. The van der Waals surface area contributed by atoms with Crippen molar-refractivity contribution in [3.05, 3.63) is 34.5 Å². The molecule has 2 aromatic carbocycles. The fourth-order valence-corrected chi connectivity index (χ4v) is 3.19. The van der Waals surface area contributed by atoms with Crippen LogP contribution in [0.15, 0.2) is 29.1 Å². The van der Waals surface area contributed by atoms with E-state index >= 15 is 0 Å². The van der Waals surface area contributed by atoms with Gasteiger partial charge in [0.05, 0.1) is 41.7 Å². The van der Waals surface area contributed by atoms with Crippen molar-refractivity contribution in [2.45, 2.75) is 6.42 Å². The van der Waals surface area contributed by atoms with Crippen LogP contribution in [0.2, 0.25) is 0 Å². The maximum absolute atomic E-state index is 13.2. The summed E-state index contributed by atoms with van der Waals surface area (Å²) in [6, 6.07) is 7.12. The fraction of sp³-hybridized carbons (Fsp3) is 0.350. The van der Waals surface area contributed by atoms with Gasteiger partial charge in [0.25, 0.3) is 0 Å². The van der Waals surface area contributed by atoms with Crippen LogP contribution in [0.4, 0.5) is 11.4 Å². The van der Waals surface area contributed by atoms with E-state index in [4.69, 9.17) is 15.2 Å². The third-order valence-corrected chi connectivity index (χ3v) is 4.59. The highest BCUT2D eigenvalue weighted by Gasteiger charge is 2.15. The molecule has 7 heteroatoms. The lowest BCUT2D eigenvalue weighted by Gasteiger charge is -2.14. The number of benzene rings is 2. The van der Waals surface area contributed by atoms with E-state index in [0.717, 1.165) is 25.2 Å². The molecule has 0 aliphatic heterocycles. The minimum Gasteiger partial charge on any atom is -0.493 e. The van der Waals surface area contributed by atoms with Crippen molar-refractivity contribution in [1.82, 2.24) is 9.88 Å². The molecule has 0 radical (unpaired) electrons. The Morgan fingerprint density at radius 1 is 1.15 bits per heavy atom. The van der Waals surface area contributed by atoms with E-state index in [1.165, 1.54) is 0 Å². The Hall–Kier alpha value is -2.93. The SMILES string of the molecule is COc1cc2[nH]c3c(N)ccc(NCCCN(C)C)c3c(=O)c2cc1OC. The highest BCUT2D eigenvalue weighted by molar-refractivity contribution is 6.04. The number of rotatable bonds is 7. The number of nitrogens with one attached hydrogen (secondary N) is 2. The molecule has 1 heterocycles. The summed E-state index contributed by atoms with van der Waals surface area (Å²) in [7, 11) is 7.19. The molecule has 0 amide bonds. The summed E-state index contributed by atoms with van der Waals surface area (Å²) in [5.74, 6) is 1.07. The lowest BCUT2D eigenvalue weighted by Crippen LogP contribution is -2.17. The largest absolute Gasteiger partial charge is 0.493 e. The van der Waals surface area contributed by atoms with Crippen LogP contribution in [0, 0.1) is 0 Å². The molecule has 3 rings (SSSR count). The van der Waals surface area contributed by atoms with E-state index in [-0.39, 0.29) is 5.43 Å². The number of methoxy groups -OCH3 is 2. The second kappa shape index (κ2) is 7.75. The van der Waals surface area contributed by atoms with Gasteiger partial charge in [0.1, 0.15) is 0 Å². The number of aromatic amines is 1. The van der Waals surface area contributed by atoms with Crippen LogP contribution in [0.3, 0.4) is 0 Å². The minimum absolute atomic E-state index is 0.0953. The highest BCUT2D eigenvalue weighted by atomic mass is 16.5. The second-order valence-corrected chi connectivity index (χ2v) is 6.74. The lowest BCUT2D eigenvalue weighted by molar-refractivity contribution is 0.356. The van der Waals surface area contributed by atoms with Crippen LogP contribution < -0.4 is 26.0 Å². The molecule has 0 unspecified atom stereocenters. The summed E-state index contributed by atoms with van der Waals surface area (Å²) >= 11 is 0. The number of nitrogens with zero attached hydrogens (tertiary/aromatic N) is 1. The van der Waals surface area contributed by atoms with Crippen molar-refractivity contribution in [3.63, 3.8) is 0 Å². The van der Waals surface area contributed by atoms with Gasteiger partial charge in [-0.15, -0.1) is 0 Å². The molecule has 7 nitrogen and oxygen atoms in total. The van der Waals surface area contributed by atoms with E-state index in [9.17, 15) is 4.79 Å². The van der Waals surface area contributed by atoms with E-state index < -0.39 is 0 Å². The first kappa shape index (κ1) is 18.8. The Bertz CT molecular complexity index is 1030. The van der Waals surface area contributed by atoms with Gasteiger partial charge in [-0.2, -0.15) is 0 Å². The molecule has 27 heavy (non-hydrogen) atoms. The lowest BCUT2D eigenvalue weighted by atomic mass is 10.1. The predicted octanol–water partition coefficient (Wildman–Crippen LogP) is 2.64. The molecule has 4 N–H and O–H groups in total. The first-order valence-electron chi connectivity index (χ1n) is 8.85. The van der Waals surface area contributed by atoms with Crippen molar-refractivity contribution >= 4 is 33.2 Å². The third-order valence-electron chi connectivity index (χ3n) is 4.59. The van der Waals surface area contributed by atoms with E-state index in [1.807, 2.05) is 20.2 Å². The summed E-state index contributed by atoms with van der Waals surface area (Å²) in [6.45, 7) is 1.73. The number of anilines is 2. The maximum atomic E-state index is 13.2. The summed E-state index contributed by atoms with van der Waals surface area (Å²) in [5.41, 5.74) is 8.63. The van der Waals surface area contributed by atoms with Crippen LogP contribution in [-0.2, 0) is 0 Å². The molecule has 0 bridgehead atoms. The molecule has 0 aliphatic carbocycles. The van der Waals surface area contributed by atoms with Crippen LogP contribution in [-0.4, -0.2) is 51.3 Å². The summed E-state index contributed by atoms with van der Waals surface area (Å²) in [5, 5.41) is 4.45. The van der Waals surface area contributed by atoms with Crippen LogP contribution in [0.5, 0.6) is 11.5 Å². The normalized spacial score (nSPS) is 11.3. The number of fused-ring (bicyclic) bond motifs is 2. The molecule has 0 aliphatic rings. The van der Waals surface area contributed by atoms with Gasteiger partial charge in [-0.1, -0.05) is 0 Å². The molecular formula is C20H26N4O3. The third kappa shape index (κ3) is 3.64. The standard InChI is InChI=1S/C20H26N4O3/c1-24(2)9-5-8-22-14-7-6-13(21)19-18(14)20(25)12-10-16(26-3)17(27-4)11-15(12)23-19/h6-7,10-11,22H,5,8-9,21H2,1-4H3,(H,23,25). The van der Waals surface area contributed by atoms with Gasteiger partial charge < -0.3 is 30.4 Å². The van der Waals surface area contributed by atoms with Gasteiger partial charge in [0, 0.05) is 18.3 Å². The Kier molecular flexibility index (Phi) is 5.41. The smallest absolute Gasteiger partial charge is 0.199 e. The number of hydrogen-bond acceptors (Lipinski definition) is 6. The van der Waals surface area contributed by atoms with Gasteiger partial charge in [-0.3, -0.25) is 4.79 Å². The van der Waals surface area contributed by atoms with Gasteiger partial charge in [-0.05, 0) is 45.3 Å². The van der Waals surface area contributed by atoms with E-state index in [2.05, 4.69) is 15.2 Å². The van der Waals surface area contributed by atoms with Crippen LogP contribution >= 0.6 is 0 Å². The number of ether oxygens (including phenoxy) is 2.